The molecule has 18 heavy (non-hydrogen) atoms. The first-order chi connectivity index (χ1) is 8.49. The molecule has 1 amide bonds. The van der Waals surface area contributed by atoms with Crippen molar-refractivity contribution in [3.05, 3.63) is 29.6 Å². The number of aryl methyl sites for hydroxylation is 1. The fraction of sp³-hybridized carbons (Fsp3) is 0.417. The summed E-state index contributed by atoms with van der Waals surface area (Å²) in [6, 6.07) is 3.94. The minimum atomic E-state index is -1.02. The van der Waals surface area contributed by atoms with Crippen LogP contribution < -0.4 is 5.73 Å². The number of hydrogen-bond donors (Lipinski definition) is 2. The fourth-order valence-corrected chi connectivity index (χ4v) is 2.14. The highest BCUT2D eigenvalue weighted by Crippen LogP contribution is 2.19. The topological polar surface area (TPSA) is 96.5 Å². The van der Waals surface area contributed by atoms with E-state index in [1.807, 2.05) is 0 Å². The third-order valence-electron chi connectivity index (χ3n) is 2.99. The SMILES string of the molecule is Cc1cccc(C(=O)N2C[C@@H](N)C[C@H]2C(=O)O)n1. The summed E-state index contributed by atoms with van der Waals surface area (Å²) in [5, 5.41) is 9.08. The summed E-state index contributed by atoms with van der Waals surface area (Å²) in [5.74, 6) is -1.40. The van der Waals surface area contributed by atoms with Crippen molar-refractivity contribution >= 4 is 11.9 Å². The minimum Gasteiger partial charge on any atom is -0.480 e. The summed E-state index contributed by atoms with van der Waals surface area (Å²) >= 11 is 0. The summed E-state index contributed by atoms with van der Waals surface area (Å²) < 4.78 is 0. The summed E-state index contributed by atoms with van der Waals surface area (Å²) in [7, 11) is 0. The van der Waals surface area contributed by atoms with Gasteiger partial charge in [-0.2, -0.15) is 0 Å². The molecule has 1 aromatic heterocycles. The van der Waals surface area contributed by atoms with Crippen LogP contribution in [0.25, 0.3) is 0 Å². The Morgan fingerprint density at radius 3 is 2.83 bits per heavy atom. The molecular formula is C12H15N3O3. The summed E-state index contributed by atoms with van der Waals surface area (Å²) in [6.07, 6.45) is 0.285. The van der Waals surface area contributed by atoms with Crippen LogP contribution in [0.3, 0.4) is 0 Å². The van der Waals surface area contributed by atoms with E-state index in [0.717, 1.165) is 5.69 Å². The quantitative estimate of drug-likeness (QED) is 0.770. The van der Waals surface area contributed by atoms with E-state index in [4.69, 9.17) is 10.8 Å². The molecule has 1 aliphatic rings. The third kappa shape index (κ3) is 2.33. The summed E-state index contributed by atoms with van der Waals surface area (Å²) in [4.78, 5) is 28.7. The molecule has 2 atom stereocenters. The molecule has 2 rings (SSSR count). The first-order valence-electron chi connectivity index (χ1n) is 5.72. The minimum absolute atomic E-state index is 0.255. The van der Waals surface area contributed by atoms with Crippen molar-refractivity contribution in [2.75, 3.05) is 6.54 Å². The Morgan fingerprint density at radius 2 is 2.22 bits per heavy atom. The van der Waals surface area contributed by atoms with Gasteiger partial charge in [-0.25, -0.2) is 9.78 Å². The number of nitrogens with two attached hydrogens (primary N) is 1. The van der Waals surface area contributed by atoms with E-state index in [-0.39, 0.29) is 30.6 Å². The zero-order valence-electron chi connectivity index (χ0n) is 10.0. The standard InChI is InChI=1S/C12H15N3O3/c1-7-3-2-4-9(14-7)11(16)15-6-8(13)5-10(15)12(17)18/h2-4,8,10H,5-6,13H2,1H3,(H,17,18)/t8-,10-/m0/s1. The number of hydrogen-bond acceptors (Lipinski definition) is 4. The first kappa shape index (κ1) is 12.5. The molecule has 1 aliphatic heterocycles. The average Bonchev–Trinajstić information content (AvgIpc) is 2.70. The first-order valence-corrected chi connectivity index (χ1v) is 5.72. The van der Waals surface area contributed by atoms with E-state index < -0.39 is 12.0 Å². The Labute approximate surface area is 104 Å². The van der Waals surface area contributed by atoms with Crippen molar-refractivity contribution in [3.63, 3.8) is 0 Å². The lowest BCUT2D eigenvalue weighted by Crippen LogP contribution is -2.41. The fourth-order valence-electron chi connectivity index (χ4n) is 2.14. The van der Waals surface area contributed by atoms with Crippen LogP contribution in [-0.4, -0.2) is 45.5 Å². The van der Waals surface area contributed by atoms with Gasteiger partial charge in [0.05, 0.1) is 0 Å². The molecule has 1 saturated heterocycles. The smallest absolute Gasteiger partial charge is 0.326 e. The molecule has 0 bridgehead atoms. The lowest BCUT2D eigenvalue weighted by molar-refractivity contribution is -0.141. The number of likely N-dealkylation sites (tertiary alicyclic amines) is 1. The van der Waals surface area contributed by atoms with Gasteiger partial charge in [0.25, 0.3) is 5.91 Å². The molecule has 96 valence electrons. The van der Waals surface area contributed by atoms with Crippen LogP contribution in [0.2, 0.25) is 0 Å². The van der Waals surface area contributed by atoms with Crippen LogP contribution in [0.4, 0.5) is 0 Å². The van der Waals surface area contributed by atoms with Crippen LogP contribution in [-0.2, 0) is 4.79 Å². The number of carboxylic acid groups (broad SMARTS) is 1. The highest BCUT2D eigenvalue weighted by molar-refractivity contribution is 5.95. The molecule has 0 spiro atoms. The van der Waals surface area contributed by atoms with Crippen molar-refractivity contribution < 1.29 is 14.7 Å². The van der Waals surface area contributed by atoms with Gasteiger partial charge in [0.1, 0.15) is 11.7 Å². The summed E-state index contributed by atoms with van der Waals surface area (Å²) in [5.41, 5.74) is 6.70. The number of carbonyl (C=O) groups excluding carboxylic acids is 1. The van der Waals surface area contributed by atoms with E-state index in [1.54, 1.807) is 25.1 Å². The second kappa shape index (κ2) is 4.73. The van der Waals surface area contributed by atoms with E-state index in [1.165, 1.54) is 4.90 Å². The number of aliphatic carboxylic acids is 1. The van der Waals surface area contributed by atoms with E-state index in [2.05, 4.69) is 4.98 Å². The molecule has 3 N–H and O–H groups in total. The Morgan fingerprint density at radius 1 is 1.50 bits per heavy atom. The van der Waals surface area contributed by atoms with Crippen LogP contribution in [0.5, 0.6) is 0 Å². The molecule has 0 aromatic carbocycles. The van der Waals surface area contributed by atoms with Crippen molar-refractivity contribution in [2.45, 2.75) is 25.4 Å². The number of amides is 1. The Kier molecular flexibility index (Phi) is 3.29. The van der Waals surface area contributed by atoms with Gasteiger partial charge in [0.15, 0.2) is 0 Å². The van der Waals surface area contributed by atoms with Crippen LogP contribution in [0.1, 0.15) is 22.6 Å². The zero-order chi connectivity index (χ0) is 13.3. The van der Waals surface area contributed by atoms with E-state index >= 15 is 0 Å². The van der Waals surface area contributed by atoms with Crippen LogP contribution in [0.15, 0.2) is 18.2 Å². The molecule has 6 nitrogen and oxygen atoms in total. The van der Waals surface area contributed by atoms with Gasteiger partial charge in [-0.05, 0) is 25.5 Å². The predicted molar refractivity (Wildman–Crippen MR) is 64.0 cm³/mol. The largest absolute Gasteiger partial charge is 0.480 e. The monoisotopic (exact) mass is 249 g/mol. The number of carbonyl (C=O) groups is 2. The normalized spacial score (nSPS) is 23.1. The second-order valence-electron chi connectivity index (χ2n) is 4.47. The Bertz CT molecular complexity index is 489. The maximum Gasteiger partial charge on any atom is 0.326 e. The molecule has 1 fully saturated rings. The van der Waals surface area contributed by atoms with E-state index in [0.29, 0.717) is 0 Å². The summed E-state index contributed by atoms with van der Waals surface area (Å²) in [6.45, 7) is 2.03. The van der Waals surface area contributed by atoms with Crippen molar-refractivity contribution in [3.8, 4) is 0 Å². The molecule has 6 heteroatoms. The molecule has 0 radical (unpaired) electrons. The van der Waals surface area contributed by atoms with Crippen LogP contribution >= 0.6 is 0 Å². The van der Waals surface area contributed by atoms with Gasteiger partial charge in [-0.15, -0.1) is 0 Å². The number of nitrogens with zero attached hydrogens (tertiary/aromatic N) is 2. The van der Waals surface area contributed by atoms with Gasteiger partial charge < -0.3 is 15.7 Å². The van der Waals surface area contributed by atoms with Gasteiger partial charge in [0.2, 0.25) is 0 Å². The Hall–Kier alpha value is -1.95. The van der Waals surface area contributed by atoms with Crippen LogP contribution in [0, 0.1) is 6.92 Å². The highest BCUT2D eigenvalue weighted by atomic mass is 16.4. The molecule has 1 aromatic rings. The van der Waals surface area contributed by atoms with Gasteiger partial charge in [0, 0.05) is 18.3 Å². The molecule has 2 heterocycles. The average molecular weight is 249 g/mol. The number of pyridine rings is 1. The number of aromatic nitrogens is 1. The molecule has 0 aliphatic carbocycles. The Balaban J connectivity index is 2.25. The lowest BCUT2D eigenvalue weighted by atomic mass is 10.2. The maximum absolute atomic E-state index is 12.2. The van der Waals surface area contributed by atoms with Gasteiger partial charge in [-0.1, -0.05) is 6.07 Å². The van der Waals surface area contributed by atoms with Gasteiger partial charge in [-0.3, -0.25) is 4.79 Å². The third-order valence-corrected chi connectivity index (χ3v) is 2.99. The lowest BCUT2D eigenvalue weighted by Gasteiger charge is -2.20. The van der Waals surface area contributed by atoms with E-state index in [9.17, 15) is 9.59 Å². The molecule has 0 saturated carbocycles. The number of rotatable bonds is 2. The molecule has 0 unspecified atom stereocenters. The van der Waals surface area contributed by atoms with Crippen molar-refractivity contribution in [1.29, 1.82) is 0 Å². The molecular weight excluding hydrogens is 234 g/mol. The predicted octanol–water partition coefficient (Wildman–Crippen LogP) is 0.0164. The van der Waals surface area contributed by atoms with Crippen molar-refractivity contribution in [1.82, 2.24) is 9.88 Å². The number of carboxylic acids is 1. The van der Waals surface area contributed by atoms with Gasteiger partial charge >= 0.3 is 5.97 Å². The maximum atomic E-state index is 12.2. The zero-order valence-corrected chi connectivity index (χ0v) is 10.0. The second-order valence-corrected chi connectivity index (χ2v) is 4.47. The van der Waals surface area contributed by atoms with Crippen molar-refractivity contribution in [2.24, 2.45) is 5.73 Å². The highest BCUT2D eigenvalue weighted by Gasteiger charge is 2.38.